The highest BCUT2D eigenvalue weighted by atomic mass is 19.1. The SMILES string of the molecule is CC(=O)c1ccc(NC(=O)c2nnc(-c3cccc(F)c3)o2)cc1. The largest absolute Gasteiger partial charge is 0.412 e. The van der Waals surface area contributed by atoms with Crippen LogP contribution >= 0.6 is 0 Å². The van der Waals surface area contributed by atoms with Crippen molar-refractivity contribution >= 4 is 17.4 Å². The minimum absolute atomic E-state index is 0.0478. The number of amides is 1. The van der Waals surface area contributed by atoms with Gasteiger partial charge in [0.15, 0.2) is 5.78 Å². The van der Waals surface area contributed by atoms with Crippen LogP contribution < -0.4 is 5.32 Å². The highest BCUT2D eigenvalue weighted by molar-refractivity contribution is 6.01. The number of hydrogen-bond acceptors (Lipinski definition) is 5. The Labute approximate surface area is 136 Å². The molecule has 1 amide bonds. The van der Waals surface area contributed by atoms with E-state index in [9.17, 15) is 14.0 Å². The first-order valence-corrected chi connectivity index (χ1v) is 7.05. The monoisotopic (exact) mass is 325 g/mol. The van der Waals surface area contributed by atoms with Gasteiger partial charge in [0.2, 0.25) is 5.89 Å². The lowest BCUT2D eigenvalue weighted by Crippen LogP contribution is -2.12. The Kier molecular flexibility index (Phi) is 4.15. The van der Waals surface area contributed by atoms with Crippen LogP contribution in [0.2, 0.25) is 0 Å². The van der Waals surface area contributed by atoms with Crippen molar-refractivity contribution in [1.82, 2.24) is 10.2 Å². The highest BCUT2D eigenvalue weighted by Crippen LogP contribution is 2.19. The lowest BCUT2D eigenvalue weighted by atomic mass is 10.1. The van der Waals surface area contributed by atoms with Crippen LogP contribution in [0.5, 0.6) is 0 Å². The third-order valence-electron chi connectivity index (χ3n) is 3.24. The van der Waals surface area contributed by atoms with Gasteiger partial charge in [0.25, 0.3) is 0 Å². The molecule has 0 radical (unpaired) electrons. The lowest BCUT2D eigenvalue weighted by molar-refractivity contribution is 0.0989. The molecule has 0 bridgehead atoms. The predicted molar refractivity (Wildman–Crippen MR) is 84.1 cm³/mol. The molecule has 2 aromatic carbocycles. The molecule has 120 valence electrons. The van der Waals surface area contributed by atoms with Crippen molar-refractivity contribution in [1.29, 1.82) is 0 Å². The summed E-state index contributed by atoms with van der Waals surface area (Å²) in [6.07, 6.45) is 0. The van der Waals surface area contributed by atoms with E-state index in [4.69, 9.17) is 4.42 Å². The number of hydrogen-bond donors (Lipinski definition) is 1. The summed E-state index contributed by atoms with van der Waals surface area (Å²) in [6, 6.07) is 12.0. The minimum atomic E-state index is -0.597. The summed E-state index contributed by atoms with van der Waals surface area (Å²) in [4.78, 5) is 23.3. The van der Waals surface area contributed by atoms with Crippen LogP contribution in [0.25, 0.3) is 11.5 Å². The smallest absolute Gasteiger partial charge is 0.313 e. The molecule has 24 heavy (non-hydrogen) atoms. The number of aromatic nitrogens is 2. The van der Waals surface area contributed by atoms with E-state index >= 15 is 0 Å². The maximum Gasteiger partial charge on any atom is 0.313 e. The molecule has 0 aliphatic rings. The molecule has 0 aliphatic carbocycles. The van der Waals surface area contributed by atoms with E-state index in [1.54, 1.807) is 30.3 Å². The second-order valence-electron chi connectivity index (χ2n) is 5.01. The molecule has 7 heteroatoms. The summed E-state index contributed by atoms with van der Waals surface area (Å²) in [5.41, 5.74) is 1.40. The molecule has 0 aliphatic heterocycles. The Morgan fingerprint density at radius 1 is 1.08 bits per heavy atom. The van der Waals surface area contributed by atoms with Crippen LogP contribution in [-0.4, -0.2) is 21.9 Å². The second-order valence-corrected chi connectivity index (χ2v) is 5.01. The highest BCUT2D eigenvalue weighted by Gasteiger charge is 2.16. The first-order valence-electron chi connectivity index (χ1n) is 7.05. The van der Waals surface area contributed by atoms with Crippen molar-refractivity contribution < 1.29 is 18.4 Å². The lowest BCUT2D eigenvalue weighted by Gasteiger charge is -2.02. The second kappa shape index (κ2) is 6.41. The first-order chi connectivity index (χ1) is 11.5. The molecule has 0 spiro atoms. The molecule has 0 saturated carbocycles. The normalized spacial score (nSPS) is 10.4. The number of nitrogens with zero attached hydrogens (tertiary/aromatic N) is 2. The molecule has 0 atom stereocenters. The van der Waals surface area contributed by atoms with Crippen molar-refractivity contribution in [2.24, 2.45) is 0 Å². The topological polar surface area (TPSA) is 85.1 Å². The van der Waals surface area contributed by atoms with Gasteiger partial charge in [-0.15, -0.1) is 10.2 Å². The Balaban J connectivity index is 1.75. The molecule has 1 aromatic heterocycles. The summed E-state index contributed by atoms with van der Waals surface area (Å²) in [5, 5.41) is 9.98. The zero-order chi connectivity index (χ0) is 17.1. The predicted octanol–water partition coefficient (Wildman–Crippen LogP) is 3.33. The average molecular weight is 325 g/mol. The Bertz CT molecular complexity index is 903. The zero-order valence-electron chi connectivity index (χ0n) is 12.6. The zero-order valence-corrected chi connectivity index (χ0v) is 12.6. The summed E-state index contributed by atoms with van der Waals surface area (Å²) in [6.45, 7) is 1.46. The molecule has 6 nitrogen and oxygen atoms in total. The van der Waals surface area contributed by atoms with E-state index in [1.165, 1.54) is 25.1 Å². The van der Waals surface area contributed by atoms with E-state index in [0.717, 1.165) is 0 Å². The van der Waals surface area contributed by atoms with E-state index in [-0.39, 0.29) is 17.6 Å². The molecule has 3 rings (SSSR count). The Morgan fingerprint density at radius 2 is 1.83 bits per heavy atom. The number of Topliss-reactive ketones (excluding diaryl/α,β-unsaturated/α-hetero) is 1. The van der Waals surface area contributed by atoms with Gasteiger partial charge < -0.3 is 9.73 Å². The maximum atomic E-state index is 13.2. The minimum Gasteiger partial charge on any atom is -0.412 e. The van der Waals surface area contributed by atoms with Crippen LogP contribution in [0.4, 0.5) is 10.1 Å². The number of nitrogens with one attached hydrogen (secondary N) is 1. The molecule has 0 saturated heterocycles. The van der Waals surface area contributed by atoms with Crippen molar-refractivity contribution in [2.45, 2.75) is 6.92 Å². The third-order valence-corrected chi connectivity index (χ3v) is 3.24. The Morgan fingerprint density at radius 3 is 2.50 bits per heavy atom. The number of rotatable bonds is 4. The van der Waals surface area contributed by atoms with Crippen LogP contribution in [-0.2, 0) is 0 Å². The van der Waals surface area contributed by atoms with Gasteiger partial charge in [-0.2, -0.15) is 0 Å². The average Bonchev–Trinajstić information content (AvgIpc) is 3.05. The van der Waals surface area contributed by atoms with Gasteiger partial charge in [0, 0.05) is 16.8 Å². The van der Waals surface area contributed by atoms with Gasteiger partial charge in [-0.1, -0.05) is 6.07 Å². The number of benzene rings is 2. The van der Waals surface area contributed by atoms with Crippen LogP contribution in [0.1, 0.15) is 28.0 Å². The van der Waals surface area contributed by atoms with Crippen molar-refractivity contribution in [3.63, 3.8) is 0 Å². The van der Waals surface area contributed by atoms with Gasteiger partial charge in [-0.25, -0.2) is 4.39 Å². The fourth-order valence-electron chi connectivity index (χ4n) is 2.03. The van der Waals surface area contributed by atoms with Crippen molar-refractivity contribution in [3.05, 3.63) is 65.8 Å². The van der Waals surface area contributed by atoms with Gasteiger partial charge in [0.05, 0.1) is 0 Å². The Hall–Kier alpha value is -3.35. The summed E-state index contributed by atoms with van der Waals surface area (Å²) in [7, 11) is 0. The fourth-order valence-corrected chi connectivity index (χ4v) is 2.03. The summed E-state index contributed by atoms with van der Waals surface area (Å²) >= 11 is 0. The fraction of sp³-hybridized carbons (Fsp3) is 0.0588. The van der Waals surface area contributed by atoms with Gasteiger partial charge >= 0.3 is 11.8 Å². The van der Waals surface area contributed by atoms with E-state index in [0.29, 0.717) is 16.8 Å². The van der Waals surface area contributed by atoms with Gasteiger partial charge in [0.1, 0.15) is 5.82 Å². The maximum absolute atomic E-state index is 13.2. The molecule has 0 unspecified atom stereocenters. The molecular formula is C17H12FN3O3. The summed E-state index contributed by atoms with van der Waals surface area (Å²) < 4.78 is 18.5. The summed E-state index contributed by atoms with van der Waals surface area (Å²) in [5.74, 6) is -1.30. The number of halogens is 1. The molecule has 3 aromatic rings. The molecule has 1 N–H and O–H groups in total. The molecule has 0 fully saturated rings. The van der Waals surface area contributed by atoms with Crippen molar-refractivity contribution in [3.8, 4) is 11.5 Å². The van der Waals surface area contributed by atoms with Crippen LogP contribution in [0, 0.1) is 5.82 Å². The molecule has 1 heterocycles. The quantitative estimate of drug-likeness (QED) is 0.744. The third kappa shape index (κ3) is 3.35. The van der Waals surface area contributed by atoms with Gasteiger partial charge in [-0.3, -0.25) is 9.59 Å². The number of carbonyl (C=O) groups excluding carboxylic acids is 2. The van der Waals surface area contributed by atoms with Crippen LogP contribution in [0.3, 0.4) is 0 Å². The number of carbonyl (C=O) groups is 2. The van der Waals surface area contributed by atoms with Crippen molar-refractivity contribution in [2.75, 3.05) is 5.32 Å². The van der Waals surface area contributed by atoms with Crippen LogP contribution in [0.15, 0.2) is 52.9 Å². The standard InChI is InChI=1S/C17H12FN3O3/c1-10(22)11-5-7-14(8-6-11)19-15(23)17-21-20-16(24-17)12-3-2-4-13(18)9-12/h2-9H,1H3,(H,19,23). The van der Waals surface area contributed by atoms with Gasteiger partial charge in [-0.05, 0) is 49.4 Å². The van der Waals surface area contributed by atoms with E-state index in [1.807, 2.05) is 0 Å². The number of anilines is 1. The van der Waals surface area contributed by atoms with E-state index < -0.39 is 11.7 Å². The molecular weight excluding hydrogens is 313 g/mol. The first kappa shape index (κ1) is 15.5. The van der Waals surface area contributed by atoms with E-state index in [2.05, 4.69) is 15.5 Å². The number of ketones is 1.